The van der Waals surface area contributed by atoms with Crippen LogP contribution in [0.1, 0.15) is 31.5 Å². The summed E-state index contributed by atoms with van der Waals surface area (Å²) in [6.45, 7) is 4.99. The number of likely N-dealkylation sites (tertiary alicyclic amines) is 1. The van der Waals surface area contributed by atoms with E-state index < -0.39 is 0 Å². The summed E-state index contributed by atoms with van der Waals surface area (Å²) in [6, 6.07) is 0. The van der Waals surface area contributed by atoms with Crippen LogP contribution in [0.5, 0.6) is 0 Å². The number of aliphatic hydroxyl groups excluding tert-OH is 1. The molecule has 90 valence electrons. The van der Waals surface area contributed by atoms with Gasteiger partial charge >= 0.3 is 0 Å². The third kappa shape index (κ3) is 2.80. The van der Waals surface area contributed by atoms with Crippen molar-refractivity contribution in [2.75, 3.05) is 19.7 Å². The van der Waals surface area contributed by atoms with E-state index in [1.54, 1.807) is 0 Å². The quantitative estimate of drug-likeness (QED) is 0.822. The predicted molar refractivity (Wildman–Crippen MR) is 58.8 cm³/mol. The summed E-state index contributed by atoms with van der Waals surface area (Å²) in [7, 11) is 0. The topological polar surface area (TPSA) is 62.4 Å². The molecule has 5 heteroatoms. The standard InChI is InChI=1S/C11H19N3O2/c1-2-10-12-11(16-13-10)7-14-5-3-4-9(6-14)8-15/h9,15H,2-8H2,1H3. The first kappa shape index (κ1) is 11.5. The monoisotopic (exact) mass is 225 g/mol. The summed E-state index contributed by atoms with van der Waals surface area (Å²) in [4.78, 5) is 6.57. The third-order valence-corrected chi connectivity index (χ3v) is 3.05. The fraction of sp³-hybridized carbons (Fsp3) is 0.818. The Morgan fingerprint density at radius 3 is 3.12 bits per heavy atom. The fourth-order valence-electron chi connectivity index (χ4n) is 2.13. The zero-order valence-electron chi connectivity index (χ0n) is 9.72. The molecule has 1 unspecified atom stereocenters. The van der Waals surface area contributed by atoms with Crippen LogP contribution in [0.2, 0.25) is 0 Å². The van der Waals surface area contributed by atoms with Crippen molar-refractivity contribution in [1.29, 1.82) is 0 Å². The summed E-state index contributed by atoms with van der Waals surface area (Å²) >= 11 is 0. The zero-order chi connectivity index (χ0) is 11.4. The van der Waals surface area contributed by atoms with Crippen LogP contribution in [0.3, 0.4) is 0 Å². The highest BCUT2D eigenvalue weighted by Crippen LogP contribution is 2.17. The molecule has 1 N–H and O–H groups in total. The molecule has 1 aromatic rings. The number of aliphatic hydroxyl groups is 1. The van der Waals surface area contributed by atoms with Crippen molar-refractivity contribution in [3.63, 3.8) is 0 Å². The Morgan fingerprint density at radius 1 is 1.56 bits per heavy atom. The highest BCUT2D eigenvalue weighted by Gasteiger charge is 2.20. The SMILES string of the molecule is CCc1noc(CN2CCCC(CO)C2)n1. The lowest BCUT2D eigenvalue weighted by Crippen LogP contribution is -2.36. The van der Waals surface area contributed by atoms with Gasteiger partial charge in [0, 0.05) is 19.6 Å². The summed E-state index contributed by atoms with van der Waals surface area (Å²) in [6.07, 6.45) is 3.07. The Bertz CT molecular complexity index is 327. The van der Waals surface area contributed by atoms with E-state index in [1.165, 1.54) is 0 Å². The van der Waals surface area contributed by atoms with Gasteiger partial charge in [-0.25, -0.2) is 0 Å². The molecule has 0 bridgehead atoms. The number of aryl methyl sites for hydroxylation is 1. The molecule has 16 heavy (non-hydrogen) atoms. The Labute approximate surface area is 95.4 Å². The summed E-state index contributed by atoms with van der Waals surface area (Å²) in [5, 5.41) is 13.0. The number of hydrogen-bond acceptors (Lipinski definition) is 5. The lowest BCUT2D eigenvalue weighted by atomic mass is 9.99. The van der Waals surface area contributed by atoms with Gasteiger partial charge in [0.1, 0.15) is 0 Å². The number of aromatic nitrogens is 2. The number of nitrogens with zero attached hydrogens (tertiary/aromatic N) is 3. The van der Waals surface area contributed by atoms with Crippen LogP contribution < -0.4 is 0 Å². The fourth-order valence-corrected chi connectivity index (χ4v) is 2.13. The second-order valence-corrected chi connectivity index (χ2v) is 4.38. The van der Waals surface area contributed by atoms with Crippen molar-refractivity contribution < 1.29 is 9.63 Å². The Balaban J connectivity index is 1.88. The van der Waals surface area contributed by atoms with Crippen molar-refractivity contribution in [3.05, 3.63) is 11.7 Å². The first-order valence-corrected chi connectivity index (χ1v) is 5.96. The molecule has 0 spiro atoms. The molecule has 0 aliphatic carbocycles. The van der Waals surface area contributed by atoms with Gasteiger partial charge < -0.3 is 9.63 Å². The van der Waals surface area contributed by atoms with Gasteiger partial charge in [-0.2, -0.15) is 4.98 Å². The van der Waals surface area contributed by atoms with Crippen molar-refractivity contribution in [1.82, 2.24) is 15.0 Å². The smallest absolute Gasteiger partial charge is 0.240 e. The molecular formula is C11H19N3O2. The van der Waals surface area contributed by atoms with Crippen molar-refractivity contribution in [2.24, 2.45) is 5.92 Å². The van der Waals surface area contributed by atoms with Crippen LogP contribution in [-0.4, -0.2) is 39.8 Å². The molecule has 0 saturated carbocycles. The maximum atomic E-state index is 9.14. The largest absolute Gasteiger partial charge is 0.396 e. The highest BCUT2D eigenvalue weighted by atomic mass is 16.5. The Hall–Kier alpha value is -0.940. The van der Waals surface area contributed by atoms with Crippen LogP contribution >= 0.6 is 0 Å². The minimum atomic E-state index is 0.278. The highest BCUT2D eigenvalue weighted by molar-refractivity contribution is 4.86. The van der Waals surface area contributed by atoms with Crippen LogP contribution in [0.4, 0.5) is 0 Å². The van der Waals surface area contributed by atoms with Gasteiger partial charge in [0.05, 0.1) is 6.54 Å². The molecule has 0 radical (unpaired) electrons. The molecule has 2 heterocycles. The average Bonchev–Trinajstić information content (AvgIpc) is 2.77. The molecule has 1 aliphatic rings. The van der Waals surface area contributed by atoms with Gasteiger partial charge in [0.15, 0.2) is 5.82 Å². The molecule has 0 amide bonds. The lowest BCUT2D eigenvalue weighted by molar-refractivity contribution is 0.107. The van der Waals surface area contributed by atoms with E-state index in [4.69, 9.17) is 9.63 Å². The van der Waals surface area contributed by atoms with Crippen LogP contribution in [0, 0.1) is 5.92 Å². The maximum absolute atomic E-state index is 9.14. The van der Waals surface area contributed by atoms with Crippen molar-refractivity contribution in [3.8, 4) is 0 Å². The van der Waals surface area contributed by atoms with E-state index in [0.29, 0.717) is 18.4 Å². The first-order chi connectivity index (χ1) is 7.81. The zero-order valence-corrected chi connectivity index (χ0v) is 9.72. The minimum absolute atomic E-state index is 0.278. The van der Waals surface area contributed by atoms with Crippen molar-refractivity contribution >= 4 is 0 Å². The van der Waals surface area contributed by atoms with Gasteiger partial charge in [-0.15, -0.1) is 0 Å². The molecule has 0 aromatic carbocycles. The normalized spacial score (nSPS) is 22.5. The maximum Gasteiger partial charge on any atom is 0.240 e. The van der Waals surface area contributed by atoms with Gasteiger partial charge in [0.2, 0.25) is 5.89 Å². The van der Waals surface area contributed by atoms with Crippen LogP contribution in [0.25, 0.3) is 0 Å². The molecule has 5 nitrogen and oxygen atoms in total. The third-order valence-electron chi connectivity index (χ3n) is 3.05. The van der Waals surface area contributed by atoms with Gasteiger partial charge in [-0.3, -0.25) is 4.90 Å². The van der Waals surface area contributed by atoms with Gasteiger partial charge in [-0.05, 0) is 25.3 Å². The summed E-state index contributed by atoms with van der Waals surface area (Å²) < 4.78 is 5.16. The van der Waals surface area contributed by atoms with E-state index in [2.05, 4.69) is 15.0 Å². The molecule has 2 rings (SSSR count). The predicted octanol–water partition coefficient (Wildman–Crippen LogP) is 0.836. The number of rotatable bonds is 4. The lowest BCUT2D eigenvalue weighted by Gasteiger charge is -2.30. The van der Waals surface area contributed by atoms with Crippen molar-refractivity contribution in [2.45, 2.75) is 32.7 Å². The first-order valence-electron chi connectivity index (χ1n) is 5.96. The van der Waals surface area contributed by atoms with E-state index in [1.807, 2.05) is 6.92 Å². The second kappa shape index (κ2) is 5.41. The molecular weight excluding hydrogens is 206 g/mol. The molecule has 1 aromatic heterocycles. The van der Waals surface area contributed by atoms with Crippen LogP contribution in [-0.2, 0) is 13.0 Å². The number of hydrogen-bond donors (Lipinski definition) is 1. The molecule has 1 saturated heterocycles. The van der Waals surface area contributed by atoms with E-state index in [0.717, 1.165) is 38.2 Å². The Kier molecular flexibility index (Phi) is 3.90. The van der Waals surface area contributed by atoms with Crippen LogP contribution in [0.15, 0.2) is 4.52 Å². The van der Waals surface area contributed by atoms with E-state index in [9.17, 15) is 0 Å². The van der Waals surface area contributed by atoms with Gasteiger partial charge in [-0.1, -0.05) is 12.1 Å². The number of piperidine rings is 1. The van der Waals surface area contributed by atoms with E-state index in [-0.39, 0.29) is 6.61 Å². The van der Waals surface area contributed by atoms with E-state index >= 15 is 0 Å². The summed E-state index contributed by atoms with van der Waals surface area (Å²) in [5.74, 6) is 1.86. The van der Waals surface area contributed by atoms with Gasteiger partial charge in [0.25, 0.3) is 0 Å². The second-order valence-electron chi connectivity index (χ2n) is 4.38. The minimum Gasteiger partial charge on any atom is -0.396 e. The average molecular weight is 225 g/mol. The molecule has 1 atom stereocenters. The molecule has 1 aliphatic heterocycles. The Morgan fingerprint density at radius 2 is 2.44 bits per heavy atom. The molecule has 1 fully saturated rings. The summed E-state index contributed by atoms with van der Waals surface area (Å²) in [5.41, 5.74) is 0.